The van der Waals surface area contributed by atoms with Crippen molar-refractivity contribution in [3.8, 4) is 0 Å². The second kappa shape index (κ2) is 6.15. The molecule has 4 heteroatoms. The van der Waals surface area contributed by atoms with E-state index in [1.807, 2.05) is 13.8 Å². The molecule has 0 aliphatic rings. The van der Waals surface area contributed by atoms with E-state index in [0.29, 0.717) is 24.2 Å². The molecule has 17 heavy (non-hydrogen) atoms. The van der Waals surface area contributed by atoms with Crippen LogP contribution in [0.4, 0.5) is 0 Å². The van der Waals surface area contributed by atoms with Gasteiger partial charge in [-0.3, -0.25) is 9.59 Å². The van der Waals surface area contributed by atoms with Gasteiger partial charge in [0.25, 0.3) is 5.91 Å². The minimum atomic E-state index is -0.250. The predicted octanol–water partition coefficient (Wildman–Crippen LogP) is 1.21. The standard InChI is InChI=1S/C13H18N2O2/c1-9(2)12(16)10-5-3-4-6-11(10)13(17)15-8-7-14/h3-6,9H,7-8,14H2,1-2H3,(H,15,17). The number of nitrogens with one attached hydrogen (secondary N) is 1. The fourth-order valence-electron chi connectivity index (χ4n) is 1.49. The average molecular weight is 234 g/mol. The summed E-state index contributed by atoms with van der Waals surface area (Å²) in [6.45, 7) is 4.42. The Labute approximate surface area is 101 Å². The average Bonchev–Trinajstić information content (AvgIpc) is 2.34. The van der Waals surface area contributed by atoms with Crippen molar-refractivity contribution in [1.82, 2.24) is 5.32 Å². The molecule has 1 aromatic rings. The number of rotatable bonds is 5. The van der Waals surface area contributed by atoms with Crippen molar-refractivity contribution in [2.75, 3.05) is 13.1 Å². The van der Waals surface area contributed by atoms with Crippen molar-refractivity contribution < 1.29 is 9.59 Å². The molecule has 0 saturated carbocycles. The van der Waals surface area contributed by atoms with Crippen LogP contribution in [0.3, 0.4) is 0 Å². The lowest BCUT2D eigenvalue weighted by Gasteiger charge is -2.10. The van der Waals surface area contributed by atoms with Gasteiger partial charge in [-0.15, -0.1) is 0 Å². The van der Waals surface area contributed by atoms with Crippen LogP contribution in [0.15, 0.2) is 24.3 Å². The molecule has 0 bridgehead atoms. The predicted molar refractivity (Wildman–Crippen MR) is 67.0 cm³/mol. The third-order valence-electron chi connectivity index (χ3n) is 2.39. The van der Waals surface area contributed by atoms with Gasteiger partial charge < -0.3 is 11.1 Å². The number of nitrogens with two attached hydrogens (primary N) is 1. The Morgan fingerprint density at radius 1 is 1.24 bits per heavy atom. The van der Waals surface area contributed by atoms with E-state index in [0.717, 1.165) is 0 Å². The first kappa shape index (κ1) is 13.4. The third kappa shape index (κ3) is 3.39. The van der Waals surface area contributed by atoms with E-state index in [-0.39, 0.29) is 17.6 Å². The first-order valence-corrected chi connectivity index (χ1v) is 5.69. The van der Waals surface area contributed by atoms with Crippen LogP contribution in [0.5, 0.6) is 0 Å². The Hall–Kier alpha value is -1.68. The Morgan fingerprint density at radius 3 is 2.35 bits per heavy atom. The van der Waals surface area contributed by atoms with Crippen LogP contribution in [0.25, 0.3) is 0 Å². The summed E-state index contributed by atoms with van der Waals surface area (Å²) in [5.41, 5.74) is 6.21. The highest BCUT2D eigenvalue weighted by molar-refractivity contribution is 6.08. The van der Waals surface area contributed by atoms with Gasteiger partial charge in [-0.05, 0) is 6.07 Å². The first-order chi connectivity index (χ1) is 8.07. The molecule has 92 valence electrons. The van der Waals surface area contributed by atoms with Gasteiger partial charge in [0.2, 0.25) is 0 Å². The van der Waals surface area contributed by atoms with Crippen LogP contribution in [-0.4, -0.2) is 24.8 Å². The molecule has 0 aliphatic heterocycles. The zero-order valence-electron chi connectivity index (χ0n) is 10.2. The van der Waals surface area contributed by atoms with Crippen molar-refractivity contribution >= 4 is 11.7 Å². The van der Waals surface area contributed by atoms with Crippen LogP contribution in [0, 0.1) is 5.92 Å². The molecule has 0 atom stereocenters. The molecule has 0 unspecified atom stereocenters. The molecule has 1 amide bonds. The molecule has 4 nitrogen and oxygen atoms in total. The van der Waals surface area contributed by atoms with E-state index in [2.05, 4.69) is 5.32 Å². The Kier molecular flexibility index (Phi) is 4.84. The lowest BCUT2D eigenvalue weighted by Crippen LogP contribution is -2.30. The fourth-order valence-corrected chi connectivity index (χ4v) is 1.49. The maximum Gasteiger partial charge on any atom is 0.252 e. The number of Topliss-reactive ketones (excluding diaryl/α,β-unsaturated/α-hetero) is 1. The number of amides is 1. The molecule has 0 aliphatic carbocycles. The summed E-state index contributed by atoms with van der Waals surface area (Å²) >= 11 is 0. The van der Waals surface area contributed by atoms with Gasteiger partial charge in [0.1, 0.15) is 0 Å². The van der Waals surface area contributed by atoms with Gasteiger partial charge in [-0.25, -0.2) is 0 Å². The summed E-state index contributed by atoms with van der Waals surface area (Å²) < 4.78 is 0. The van der Waals surface area contributed by atoms with Gasteiger partial charge in [0.15, 0.2) is 5.78 Å². The maximum absolute atomic E-state index is 11.9. The van der Waals surface area contributed by atoms with Crippen LogP contribution >= 0.6 is 0 Å². The Morgan fingerprint density at radius 2 is 1.82 bits per heavy atom. The van der Waals surface area contributed by atoms with Crippen LogP contribution in [0.1, 0.15) is 34.6 Å². The van der Waals surface area contributed by atoms with Crippen LogP contribution < -0.4 is 11.1 Å². The van der Waals surface area contributed by atoms with Crippen molar-refractivity contribution in [2.24, 2.45) is 11.7 Å². The second-order valence-corrected chi connectivity index (χ2v) is 4.11. The maximum atomic E-state index is 11.9. The first-order valence-electron chi connectivity index (χ1n) is 5.69. The highest BCUT2D eigenvalue weighted by atomic mass is 16.2. The summed E-state index contributed by atoms with van der Waals surface area (Å²) in [6.07, 6.45) is 0. The number of hydrogen-bond donors (Lipinski definition) is 2. The van der Waals surface area contributed by atoms with E-state index in [4.69, 9.17) is 5.73 Å². The summed E-state index contributed by atoms with van der Waals surface area (Å²) in [7, 11) is 0. The monoisotopic (exact) mass is 234 g/mol. The van der Waals surface area contributed by atoms with E-state index >= 15 is 0 Å². The topological polar surface area (TPSA) is 72.2 Å². The number of carbonyl (C=O) groups excluding carboxylic acids is 2. The number of hydrogen-bond acceptors (Lipinski definition) is 3. The van der Waals surface area contributed by atoms with E-state index < -0.39 is 0 Å². The highest BCUT2D eigenvalue weighted by Crippen LogP contribution is 2.13. The quantitative estimate of drug-likeness (QED) is 0.752. The third-order valence-corrected chi connectivity index (χ3v) is 2.39. The normalized spacial score (nSPS) is 10.4. The summed E-state index contributed by atoms with van der Waals surface area (Å²) in [5.74, 6) is -0.401. The van der Waals surface area contributed by atoms with Crippen molar-refractivity contribution in [2.45, 2.75) is 13.8 Å². The summed E-state index contributed by atoms with van der Waals surface area (Å²) in [6, 6.07) is 6.84. The molecule has 1 aromatic carbocycles. The van der Waals surface area contributed by atoms with Crippen molar-refractivity contribution in [1.29, 1.82) is 0 Å². The molecule has 0 heterocycles. The van der Waals surface area contributed by atoms with Crippen molar-refractivity contribution in [3.05, 3.63) is 35.4 Å². The molecule has 0 fully saturated rings. The smallest absolute Gasteiger partial charge is 0.252 e. The lowest BCUT2D eigenvalue weighted by atomic mass is 9.96. The molecular formula is C13H18N2O2. The molecule has 0 spiro atoms. The van der Waals surface area contributed by atoms with Gasteiger partial charge in [0, 0.05) is 24.6 Å². The molecule has 1 rings (SSSR count). The van der Waals surface area contributed by atoms with Gasteiger partial charge in [0.05, 0.1) is 5.56 Å². The minimum Gasteiger partial charge on any atom is -0.351 e. The number of ketones is 1. The largest absolute Gasteiger partial charge is 0.351 e. The minimum absolute atomic E-state index is 0.0245. The molecule has 0 aromatic heterocycles. The van der Waals surface area contributed by atoms with E-state index in [9.17, 15) is 9.59 Å². The van der Waals surface area contributed by atoms with E-state index in [1.165, 1.54) is 0 Å². The Bertz CT molecular complexity index is 414. The van der Waals surface area contributed by atoms with Crippen LogP contribution in [-0.2, 0) is 0 Å². The molecule has 0 saturated heterocycles. The second-order valence-electron chi connectivity index (χ2n) is 4.11. The SMILES string of the molecule is CC(C)C(=O)c1ccccc1C(=O)NCCN. The molecular weight excluding hydrogens is 216 g/mol. The highest BCUT2D eigenvalue weighted by Gasteiger charge is 2.18. The zero-order valence-corrected chi connectivity index (χ0v) is 10.2. The van der Waals surface area contributed by atoms with Crippen molar-refractivity contribution in [3.63, 3.8) is 0 Å². The fraction of sp³-hybridized carbons (Fsp3) is 0.385. The van der Waals surface area contributed by atoms with Gasteiger partial charge >= 0.3 is 0 Å². The Balaban J connectivity index is 2.99. The van der Waals surface area contributed by atoms with Gasteiger partial charge in [-0.2, -0.15) is 0 Å². The number of carbonyl (C=O) groups is 2. The van der Waals surface area contributed by atoms with Gasteiger partial charge in [-0.1, -0.05) is 32.0 Å². The summed E-state index contributed by atoms with van der Waals surface area (Å²) in [4.78, 5) is 23.8. The number of benzene rings is 1. The molecule has 0 radical (unpaired) electrons. The van der Waals surface area contributed by atoms with Crippen LogP contribution in [0.2, 0.25) is 0 Å². The van der Waals surface area contributed by atoms with E-state index in [1.54, 1.807) is 24.3 Å². The molecule has 3 N–H and O–H groups in total. The summed E-state index contributed by atoms with van der Waals surface area (Å²) in [5, 5.41) is 2.67. The zero-order chi connectivity index (χ0) is 12.8. The lowest BCUT2D eigenvalue weighted by molar-refractivity contribution is 0.0912.